The number of fused-ring (bicyclic) bond motifs is 10. The molecule has 0 spiro atoms. The second kappa shape index (κ2) is 13.3. The van der Waals surface area contributed by atoms with Crippen molar-refractivity contribution in [3.05, 3.63) is 193 Å². The van der Waals surface area contributed by atoms with E-state index in [9.17, 15) is 0 Å². The van der Waals surface area contributed by atoms with Crippen molar-refractivity contribution >= 4 is 94.6 Å². The average molecular weight is 732 g/mol. The van der Waals surface area contributed by atoms with Gasteiger partial charge in [-0.2, -0.15) is 0 Å². The molecule has 2 heterocycles. The van der Waals surface area contributed by atoms with Crippen molar-refractivity contribution in [3.63, 3.8) is 0 Å². The van der Waals surface area contributed by atoms with Crippen LogP contribution in [-0.4, -0.2) is 18.4 Å². The molecular weight excluding hydrogens is 699 g/mol. The summed E-state index contributed by atoms with van der Waals surface area (Å²) in [7, 11) is 0. The van der Waals surface area contributed by atoms with E-state index >= 15 is 0 Å². The number of para-hydroxylation sites is 1. The number of rotatable bonds is 5. The van der Waals surface area contributed by atoms with Gasteiger partial charge in [-0.15, -0.1) is 0 Å². The van der Waals surface area contributed by atoms with Crippen LogP contribution < -0.4 is 0 Å². The maximum absolute atomic E-state index is 6.59. The van der Waals surface area contributed by atoms with Crippen LogP contribution in [0.5, 0.6) is 0 Å². The van der Waals surface area contributed by atoms with Crippen LogP contribution in [0.3, 0.4) is 0 Å². The fourth-order valence-electron chi connectivity index (χ4n) is 8.19. The van der Waals surface area contributed by atoms with Crippen molar-refractivity contribution in [3.8, 4) is 11.1 Å². The quantitative estimate of drug-likeness (QED) is 0.131. The summed E-state index contributed by atoms with van der Waals surface area (Å²) in [5.41, 5.74) is 7.95. The summed E-state index contributed by atoms with van der Waals surface area (Å²) in [6.07, 6.45) is 0. The van der Waals surface area contributed by atoms with E-state index in [1.807, 2.05) is 18.2 Å². The number of aliphatic imine (C=N–C) groups is 3. The molecule has 268 valence electrons. The first kappa shape index (κ1) is 32.8. The normalized spacial score (nSPS) is 12.6. The Labute approximate surface area is 327 Å². The molecule has 0 atom stereocenters. The van der Waals surface area contributed by atoms with Crippen LogP contribution in [-0.2, 0) is 6.54 Å². The predicted octanol–water partition coefficient (Wildman–Crippen LogP) is 13.7. The molecule has 5 heteroatoms. The highest BCUT2D eigenvalue weighted by atomic mass is 16.3. The summed E-state index contributed by atoms with van der Waals surface area (Å²) in [6, 6.07) is 60.9. The van der Waals surface area contributed by atoms with Gasteiger partial charge in [0, 0.05) is 38.1 Å². The minimum absolute atomic E-state index is 0.442. The zero-order valence-electron chi connectivity index (χ0n) is 30.8. The highest BCUT2D eigenvalue weighted by molar-refractivity contribution is 6.23. The van der Waals surface area contributed by atoms with Crippen molar-refractivity contribution in [2.45, 2.75) is 6.54 Å². The van der Waals surface area contributed by atoms with Crippen molar-refractivity contribution < 1.29 is 8.83 Å². The van der Waals surface area contributed by atoms with E-state index in [1.165, 1.54) is 10.8 Å². The van der Waals surface area contributed by atoms with Gasteiger partial charge in [0.15, 0.2) is 11.7 Å². The molecule has 2 aromatic heterocycles. The molecule has 0 aliphatic rings. The summed E-state index contributed by atoms with van der Waals surface area (Å²) in [5.74, 6) is 1.02. The van der Waals surface area contributed by atoms with Crippen LogP contribution in [0, 0.1) is 0 Å². The van der Waals surface area contributed by atoms with Gasteiger partial charge in [-0.25, -0.2) is 9.98 Å². The molecule has 0 saturated heterocycles. The first-order valence-corrected chi connectivity index (χ1v) is 19.0. The lowest BCUT2D eigenvalue weighted by Crippen LogP contribution is -2.06. The fraction of sp³-hybridized carbons (Fsp3) is 0.0192. The molecule has 0 N–H and O–H groups in total. The first-order valence-electron chi connectivity index (χ1n) is 19.0. The van der Waals surface area contributed by atoms with E-state index in [2.05, 4.69) is 169 Å². The second-order valence-electron chi connectivity index (χ2n) is 14.4. The Balaban J connectivity index is 1.09. The Morgan fingerprint density at radius 3 is 1.95 bits per heavy atom. The number of hydrogen-bond acceptors (Lipinski definition) is 3. The summed E-state index contributed by atoms with van der Waals surface area (Å²) in [6.45, 7) is 4.51. The number of benzene rings is 9. The Hall–Kier alpha value is -7.63. The van der Waals surface area contributed by atoms with Crippen LogP contribution >= 0.6 is 0 Å². The molecule has 0 bridgehead atoms. The zero-order chi connectivity index (χ0) is 37.9. The van der Waals surface area contributed by atoms with Gasteiger partial charge >= 0.3 is 0 Å². The lowest BCUT2D eigenvalue weighted by atomic mass is 9.97. The van der Waals surface area contributed by atoms with Crippen LogP contribution in [0.15, 0.2) is 200 Å². The monoisotopic (exact) mass is 731 g/mol. The number of hydrogen-bond donors (Lipinski definition) is 0. The van der Waals surface area contributed by atoms with Gasteiger partial charge < -0.3 is 8.83 Å². The molecule has 0 aliphatic heterocycles. The van der Waals surface area contributed by atoms with Gasteiger partial charge in [0.25, 0.3) is 0 Å². The molecule has 0 saturated carbocycles. The highest BCUT2D eigenvalue weighted by Crippen LogP contribution is 2.39. The molecule has 0 radical (unpaired) electrons. The lowest BCUT2D eigenvalue weighted by Gasteiger charge is -2.10. The van der Waals surface area contributed by atoms with Crippen LogP contribution in [0.25, 0.3) is 87.3 Å². The maximum Gasteiger partial charge on any atom is 0.161 e. The van der Waals surface area contributed by atoms with Crippen LogP contribution in [0.4, 0.5) is 0 Å². The van der Waals surface area contributed by atoms with Gasteiger partial charge in [-0.1, -0.05) is 127 Å². The Morgan fingerprint density at radius 1 is 0.456 bits per heavy atom. The first-order chi connectivity index (χ1) is 28.2. The van der Waals surface area contributed by atoms with Gasteiger partial charge in [-0.05, 0) is 98.9 Å². The molecule has 9 aromatic carbocycles. The smallest absolute Gasteiger partial charge is 0.161 e. The Morgan fingerprint density at radius 2 is 1.12 bits per heavy atom. The van der Waals surface area contributed by atoms with Gasteiger partial charge in [0.1, 0.15) is 22.3 Å². The van der Waals surface area contributed by atoms with E-state index in [0.717, 1.165) is 93.2 Å². The van der Waals surface area contributed by atoms with E-state index in [-0.39, 0.29) is 0 Å². The SMILES string of the molecule is C=N/C(=N\C(=N/Cc1ccc2ccccc2c1)c1ccc2ccccc2c1)c1cc(-c2ccc3c(c2)oc2c4ccccc4ccc32)cc2oc3ccccc3c12. The minimum atomic E-state index is 0.442. The third-order valence-electron chi connectivity index (χ3n) is 11.0. The molecule has 0 unspecified atom stereocenters. The summed E-state index contributed by atoms with van der Waals surface area (Å²) >= 11 is 0. The fourth-order valence-corrected chi connectivity index (χ4v) is 8.19. The second-order valence-corrected chi connectivity index (χ2v) is 14.4. The number of nitrogens with zero attached hydrogens (tertiary/aromatic N) is 3. The zero-order valence-corrected chi connectivity index (χ0v) is 30.8. The van der Waals surface area contributed by atoms with E-state index in [0.29, 0.717) is 18.2 Å². The molecule has 11 aromatic rings. The van der Waals surface area contributed by atoms with Gasteiger partial charge in [0.2, 0.25) is 0 Å². The summed E-state index contributed by atoms with van der Waals surface area (Å²) in [5, 5.41) is 10.9. The summed E-state index contributed by atoms with van der Waals surface area (Å²) < 4.78 is 13.1. The van der Waals surface area contributed by atoms with Crippen molar-refractivity contribution in [2.75, 3.05) is 0 Å². The Bertz CT molecular complexity index is 3480. The van der Waals surface area contributed by atoms with Crippen molar-refractivity contribution in [1.82, 2.24) is 0 Å². The Kier molecular flexibility index (Phi) is 7.64. The molecule has 0 fully saturated rings. The maximum atomic E-state index is 6.59. The molecule has 5 nitrogen and oxygen atoms in total. The molecule has 57 heavy (non-hydrogen) atoms. The minimum Gasteiger partial charge on any atom is -0.456 e. The van der Waals surface area contributed by atoms with Crippen LogP contribution in [0.2, 0.25) is 0 Å². The lowest BCUT2D eigenvalue weighted by molar-refractivity contribution is 0.669. The number of amidine groups is 2. The third kappa shape index (κ3) is 5.68. The average Bonchev–Trinajstić information content (AvgIpc) is 3.84. The van der Waals surface area contributed by atoms with Crippen molar-refractivity contribution in [1.29, 1.82) is 0 Å². The van der Waals surface area contributed by atoms with Gasteiger partial charge in [-0.3, -0.25) is 4.99 Å². The van der Waals surface area contributed by atoms with Gasteiger partial charge in [0.05, 0.1) is 6.54 Å². The molecule has 0 aliphatic carbocycles. The topological polar surface area (TPSA) is 63.4 Å². The van der Waals surface area contributed by atoms with E-state index < -0.39 is 0 Å². The molecule has 11 rings (SSSR count). The third-order valence-corrected chi connectivity index (χ3v) is 11.0. The van der Waals surface area contributed by atoms with E-state index in [4.69, 9.17) is 18.8 Å². The van der Waals surface area contributed by atoms with Crippen LogP contribution in [0.1, 0.15) is 16.7 Å². The summed E-state index contributed by atoms with van der Waals surface area (Å²) in [4.78, 5) is 15.1. The van der Waals surface area contributed by atoms with Crippen molar-refractivity contribution in [2.24, 2.45) is 15.0 Å². The largest absolute Gasteiger partial charge is 0.456 e. The van der Waals surface area contributed by atoms with E-state index in [1.54, 1.807) is 0 Å². The standard InChI is InChI=1S/C52H33N3O2/c1-53-52(55-51(39-21-20-34-11-3-5-14-37(34)27-39)54-31-32-18-19-33-10-2-4-13-36(33)26-32)45-28-40(30-48-49(45)44-16-8-9-17-46(44)56-48)38-23-24-42-43-25-22-35-12-6-7-15-41(35)50(43)57-47(42)29-38/h2-30H,1,31H2/b54-51-,55-52-. The molecule has 0 amide bonds. The molecular formula is C52H33N3O2. The highest BCUT2D eigenvalue weighted by Gasteiger charge is 2.19. The predicted molar refractivity (Wildman–Crippen MR) is 238 cm³/mol. The number of furan rings is 2.